The molecule has 1 saturated carbocycles. The van der Waals surface area contributed by atoms with Gasteiger partial charge in [0.2, 0.25) is 0 Å². The summed E-state index contributed by atoms with van der Waals surface area (Å²) >= 11 is 9.76. The van der Waals surface area contributed by atoms with Crippen molar-refractivity contribution in [3.8, 4) is 0 Å². The molecule has 1 nitrogen and oxygen atoms in total. The smallest absolute Gasteiger partial charge is 0.0451 e. The molecule has 1 fully saturated rings. The Balaban J connectivity index is 1.92. The molecule has 0 amide bonds. The van der Waals surface area contributed by atoms with Gasteiger partial charge in [-0.05, 0) is 36.9 Å². The van der Waals surface area contributed by atoms with Gasteiger partial charge in [0, 0.05) is 23.4 Å². The van der Waals surface area contributed by atoms with E-state index in [4.69, 9.17) is 11.6 Å². The zero-order valence-corrected chi connectivity index (χ0v) is 11.9. The molecular weight excluding hydrogens is 286 g/mol. The molecule has 0 unspecified atom stereocenters. The second kappa shape index (κ2) is 5.07. The van der Waals surface area contributed by atoms with Crippen molar-refractivity contribution in [2.75, 3.05) is 18.9 Å². The Morgan fingerprint density at radius 2 is 2.06 bits per heavy atom. The van der Waals surface area contributed by atoms with Crippen molar-refractivity contribution in [3.63, 3.8) is 0 Å². The molecule has 0 saturated heterocycles. The molecule has 2 rings (SSSR count). The highest BCUT2D eigenvalue weighted by atomic mass is 79.9. The van der Waals surface area contributed by atoms with Gasteiger partial charge < -0.3 is 4.90 Å². The minimum absolute atomic E-state index is 0.538. The highest BCUT2D eigenvalue weighted by molar-refractivity contribution is 9.09. The average Bonchev–Trinajstić information content (AvgIpc) is 3.02. The van der Waals surface area contributed by atoms with Crippen LogP contribution in [0.2, 0.25) is 5.02 Å². The van der Waals surface area contributed by atoms with Gasteiger partial charge in [0.1, 0.15) is 0 Å². The largest absolute Gasteiger partial charge is 0.301 e. The topological polar surface area (TPSA) is 3.24 Å². The van der Waals surface area contributed by atoms with Crippen molar-refractivity contribution in [2.45, 2.75) is 19.4 Å². The lowest BCUT2D eigenvalue weighted by molar-refractivity contribution is 0.271. The van der Waals surface area contributed by atoms with Crippen molar-refractivity contribution in [1.82, 2.24) is 4.90 Å². The second-order valence-corrected chi connectivity index (χ2v) is 5.87. The number of hydrogen-bond acceptors (Lipinski definition) is 1. The summed E-state index contributed by atoms with van der Waals surface area (Å²) in [5, 5.41) is 1.99. The van der Waals surface area contributed by atoms with Crippen molar-refractivity contribution >= 4 is 27.5 Å². The molecule has 16 heavy (non-hydrogen) atoms. The fourth-order valence-electron chi connectivity index (χ4n) is 2.06. The van der Waals surface area contributed by atoms with Crippen LogP contribution >= 0.6 is 27.5 Å². The van der Waals surface area contributed by atoms with Crippen LogP contribution in [0.5, 0.6) is 0 Å². The molecule has 88 valence electrons. The van der Waals surface area contributed by atoms with Crippen LogP contribution < -0.4 is 0 Å². The highest BCUT2D eigenvalue weighted by Gasteiger charge is 2.42. The standard InChI is InChI=1S/C13H17BrClN/c1-16(10-13(9-14)6-7-13)8-11-4-2-3-5-12(11)15/h2-5H,6-10H2,1H3. The zero-order valence-electron chi connectivity index (χ0n) is 9.55. The molecule has 0 atom stereocenters. The molecule has 0 aliphatic heterocycles. The predicted molar refractivity (Wildman–Crippen MR) is 73.2 cm³/mol. The molecule has 0 bridgehead atoms. The van der Waals surface area contributed by atoms with Crippen molar-refractivity contribution in [2.24, 2.45) is 5.41 Å². The summed E-state index contributed by atoms with van der Waals surface area (Å²) in [5.41, 5.74) is 1.76. The Hall–Kier alpha value is -0.0500. The molecule has 0 N–H and O–H groups in total. The lowest BCUT2D eigenvalue weighted by atomic mass is 10.1. The molecule has 1 aliphatic rings. The summed E-state index contributed by atoms with van der Waals surface area (Å²) in [6.45, 7) is 2.10. The van der Waals surface area contributed by atoms with Crippen molar-refractivity contribution in [1.29, 1.82) is 0 Å². The van der Waals surface area contributed by atoms with Crippen LogP contribution in [0, 0.1) is 5.41 Å². The molecule has 0 heterocycles. The number of halogens is 2. The Morgan fingerprint density at radius 3 is 2.62 bits per heavy atom. The summed E-state index contributed by atoms with van der Waals surface area (Å²) in [6.07, 6.45) is 2.70. The Morgan fingerprint density at radius 1 is 1.38 bits per heavy atom. The number of hydrogen-bond donors (Lipinski definition) is 0. The lowest BCUT2D eigenvalue weighted by Crippen LogP contribution is -2.27. The van der Waals surface area contributed by atoms with E-state index in [2.05, 4.69) is 33.9 Å². The maximum Gasteiger partial charge on any atom is 0.0451 e. The van der Waals surface area contributed by atoms with Crippen LogP contribution in [0.15, 0.2) is 24.3 Å². The van der Waals surface area contributed by atoms with Crippen molar-refractivity contribution in [3.05, 3.63) is 34.9 Å². The molecule has 1 aliphatic carbocycles. The maximum absolute atomic E-state index is 6.15. The minimum Gasteiger partial charge on any atom is -0.301 e. The normalized spacial score (nSPS) is 17.8. The van der Waals surface area contributed by atoms with Gasteiger partial charge in [-0.15, -0.1) is 0 Å². The van der Waals surface area contributed by atoms with Crippen molar-refractivity contribution < 1.29 is 0 Å². The van der Waals surface area contributed by atoms with E-state index in [0.717, 1.165) is 23.4 Å². The highest BCUT2D eigenvalue weighted by Crippen LogP contribution is 2.47. The van der Waals surface area contributed by atoms with Crippen LogP contribution in [0.4, 0.5) is 0 Å². The summed E-state index contributed by atoms with van der Waals surface area (Å²) in [7, 11) is 2.17. The molecule has 0 spiro atoms. The third kappa shape index (κ3) is 2.99. The first kappa shape index (κ1) is 12.4. The summed E-state index contributed by atoms with van der Waals surface area (Å²) in [6, 6.07) is 8.09. The molecule has 0 radical (unpaired) electrons. The van der Waals surface area contributed by atoms with E-state index < -0.39 is 0 Å². The zero-order chi connectivity index (χ0) is 11.6. The third-order valence-corrected chi connectivity index (χ3v) is 4.80. The van der Waals surface area contributed by atoms with Crippen LogP contribution in [0.25, 0.3) is 0 Å². The fraction of sp³-hybridized carbons (Fsp3) is 0.538. The van der Waals surface area contributed by atoms with Crippen LogP contribution in [0.1, 0.15) is 18.4 Å². The van der Waals surface area contributed by atoms with E-state index in [-0.39, 0.29) is 0 Å². The molecule has 0 aromatic heterocycles. The van der Waals surface area contributed by atoms with Crippen LogP contribution in [0.3, 0.4) is 0 Å². The Bertz CT molecular complexity index is 363. The van der Waals surface area contributed by atoms with E-state index in [1.165, 1.54) is 18.4 Å². The van der Waals surface area contributed by atoms with E-state index in [1.807, 2.05) is 18.2 Å². The van der Waals surface area contributed by atoms with Gasteiger partial charge >= 0.3 is 0 Å². The molecule has 1 aromatic carbocycles. The molecule has 3 heteroatoms. The first-order valence-corrected chi connectivity index (χ1v) is 7.13. The second-order valence-electron chi connectivity index (χ2n) is 4.90. The average molecular weight is 303 g/mol. The predicted octanol–water partition coefficient (Wildman–Crippen LogP) is 3.95. The van der Waals surface area contributed by atoms with Gasteiger partial charge in [0.05, 0.1) is 0 Å². The maximum atomic E-state index is 6.15. The van der Waals surface area contributed by atoms with E-state index in [9.17, 15) is 0 Å². The third-order valence-electron chi connectivity index (χ3n) is 3.24. The number of benzene rings is 1. The van der Waals surface area contributed by atoms with Gasteiger partial charge in [-0.25, -0.2) is 0 Å². The summed E-state index contributed by atoms with van der Waals surface area (Å²) < 4.78 is 0. The minimum atomic E-state index is 0.538. The van der Waals surface area contributed by atoms with Gasteiger partial charge in [-0.3, -0.25) is 0 Å². The van der Waals surface area contributed by atoms with E-state index in [0.29, 0.717) is 5.41 Å². The fourth-order valence-corrected chi connectivity index (χ4v) is 2.99. The summed E-state index contributed by atoms with van der Waals surface area (Å²) in [5.74, 6) is 0. The van der Waals surface area contributed by atoms with Gasteiger partial charge in [0.25, 0.3) is 0 Å². The monoisotopic (exact) mass is 301 g/mol. The van der Waals surface area contributed by atoms with Crippen LogP contribution in [-0.4, -0.2) is 23.8 Å². The van der Waals surface area contributed by atoms with E-state index >= 15 is 0 Å². The Labute approximate surface area is 111 Å². The van der Waals surface area contributed by atoms with Crippen LogP contribution in [-0.2, 0) is 6.54 Å². The Kier molecular flexibility index (Phi) is 3.93. The number of rotatable bonds is 5. The quantitative estimate of drug-likeness (QED) is 0.745. The number of alkyl halides is 1. The van der Waals surface area contributed by atoms with Gasteiger partial charge in [-0.2, -0.15) is 0 Å². The summed E-state index contributed by atoms with van der Waals surface area (Å²) in [4.78, 5) is 2.37. The van der Waals surface area contributed by atoms with E-state index in [1.54, 1.807) is 0 Å². The SMILES string of the molecule is CN(Cc1ccccc1Cl)CC1(CBr)CC1. The van der Waals surface area contributed by atoms with Gasteiger partial charge in [0.15, 0.2) is 0 Å². The first-order chi connectivity index (χ1) is 7.65. The molecular formula is C13H17BrClN. The van der Waals surface area contributed by atoms with Gasteiger partial charge in [-0.1, -0.05) is 45.7 Å². The first-order valence-electron chi connectivity index (χ1n) is 5.63. The lowest BCUT2D eigenvalue weighted by Gasteiger charge is -2.22. The number of nitrogens with zero attached hydrogens (tertiary/aromatic N) is 1. The molecule has 1 aromatic rings.